The summed E-state index contributed by atoms with van der Waals surface area (Å²) in [5.74, 6) is 2.22. The van der Waals surface area contributed by atoms with Crippen LogP contribution in [0.3, 0.4) is 0 Å². The SMILES string of the molecule is C[As]1(c2cccc(Cl)c2)c2ccccc2[OH+]c2ccccc21.[I-]. The number of hydrogen-bond acceptors (Lipinski definition) is 0. The third kappa shape index (κ3) is 2.71. The normalized spacial score (nSPS) is 14.0. The fraction of sp³-hybridized carbons (Fsp3) is 0.0526. The van der Waals surface area contributed by atoms with Crippen molar-refractivity contribution in [1.29, 1.82) is 0 Å². The van der Waals surface area contributed by atoms with Crippen molar-refractivity contribution < 1.29 is 28.7 Å². The van der Waals surface area contributed by atoms with Crippen molar-refractivity contribution in [2.75, 3.05) is 0 Å². The maximum absolute atomic E-state index is 6.28. The number of hydrogen-bond donors (Lipinski definition) is 0. The molecule has 117 valence electrons. The van der Waals surface area contributed by atoms with Gasteiger partial charge in [-0.3, -0.25) is 0 Å². The average molecular weight is 498 g/mol. The van der Waals surface area contributed by atoms with Crippen LogP contribution in [0.5, 0.6) is 11.5 Å². The van der Waals surface area contributed by atoms with Gasteiger partial charge < -0.3 is 24.0 Å². The molecule has 0 amide bonds. The number of fused-ring (bicyclic) bond motifs is 2. The third-order valence-corrected chi connectivity index (χ3v) is 12.9. The van der Waals surface area contributed by atoms with E-state index in [1.54, 1.807) is 0 Å². The Morgan fingerprint density at radius 2 is 1.35 bits per heavy atom. The van der Waals surface area contributed by atoms with Gasteiger partial charge in [0, 0.05) is 0 Å². The summed E-state index contributed by atoms with van der Waals surface area (Å²) in [7, 11) is 0. The number of para-hydroxylation sites is 2. The molecule has 1 nitrogen and oxygen atoms in total. The Morgan fingerprint density at radius 3 is 1.91 bits per heavy atom. The van der Waals surface area contributed by atoms with Gasteiger partial charge in [-0.25, -0.2) is 0 Å². The molecule has 4 heteroatoms. The molecule has 3 aromatic carbocycles. The Morgan fingerprint density at radius 1 is 0.783 bits per heavy atom. The number of aromatic hydroxyl groups is 2. The van der Waals surface area contributed by atoms with Gasteiger partial charge in [0.1, 0.15) is 0 Å². The van der Waals surface area contributed by atoms with Crippen molar-refractivity contribution in [3.8, 4) is 11.5 Å². The van der Waals surface area contributed by atoms with Gasteiger partial charge in [-0.15, -0.1) is 0 Å². The summed E-state index contributed by atoms with van der Waals surface area (Å²) in [6.07, 6.45) is 0. The molecule has 1 N–H and O–H groups in total. The third-order valence-electron chi connectivity index (χ3n) is 4.29. The largest absolute Gasteiger partial charge is 1.00 e. The van der Waals surface area contributed by atoms with Crippen LogP contribution in [-0.2, 0) is 0 Å². The van der Waals surface area contributed by atoms with E-state index in [4.69, 9.17) is 16.3 Å². The van der Waals surface area contributed by atoms with Crippen LogP contribution < -0.4 is 37.0 Å². The molecule has 1 aliphatic heterocycles. The van der Waals surface area contributed by atoms with Crippen molar-refractivity contribution in [2.45, 2.75) is 5.71 Å². The fourth-order valence-electron chi connectivity index (χ4n) is 3.17. The summed E-state index contributed by atoms with van der Waals surface area (Å²) in [6.45, 7) is 0. The molecular weight excluding hydrogens is 481 g/mol. The molecule has 0 spiro atoms. The number of benzene rings is 3. The van der Waals surface area contributed by atoms with Crippen LogP contribution in [0, 0.1) is 0 Å². The van der Waals surface area contributed by atoms with Crippen LogP contribution in [-0.4, -0.2) is 18.3 Å². The number of ether oxygens (including phenoxy) is 1. The van der Waals surface area contributed by atoms with Crippen LogP contribution in [0.25, 0.3) is 0 Å². The standard InChI is InChI=1S/C19H15AsClO.HI/c1-20(14-7-6-8-15(21)13-14)16-9-2-4-11-18(16)22-19-12-5-3-10-17(19)20;/h2-13H,1H3;1H. The molecule has 0 saturated carbocycles. The zero-order valence-electron chi connectivity index (χ0n) is 12.6. The first-order valence-corrected chi connectivity index (χ1v) is 12.3. The van der Waals surface area contributed by atoms with Gasteiger partial charge in [0.2, 0.25) is 0 Å². The van der Waals surface area contributed by atoms with E-state index in [2.05, 4.69) is 72.4 Å². The Bertz CT molecular complexity index is 820. The van der Waals surface area contributed by atoms with Crippen LogP contribution in [0.1, 0.15) is 0 Å². The molecule has 0 aliphatic carbocycles. The van der Waals surface area contributed by atoms with E-state index in [1.165, 1.54) is 13.1 Å². The fourth-order valence-corrected chi connectivity index (χ4v) is 10.9. The molecule has 1 heterocycles. The van der Waals surface area contributed by atoms with Gasteiger partial charge in [-0.05, 0) is 0 Å². The monoisotopic (exact) mass is 497 g/mol. The summed E-state index contributed by atoms with van der Waals surface area (Å²) in [5, 5.41) is 0.803. The molecule has 0 aromatic heterocycles. The minimum absolute atomic E-state index is 0. The van der Waals surface area contributed by atoms with Crippen LogP contribution >= 0.6 is 11.6 Å². The van der Waals surface area contributed by atoms with Crippen molar-refractivity contribution in [2.24, 2.45) is 0 Å². The van der Waals surface area contributed by atoms with Crippen LogP contribution in [0.15, 0.2) is 72.8 Å². The molecule has 1 aliphatic rings. The first-order valence-electron chi connectivity index (χ1n) is 7.23. The second-order valence-corrected chi connectivity index (χ2v) is 13.3. The summed E-state index contributed by atoms with van der Waals surface area (Å²) < 4.78 is 9.00. The summed E-state index contributed by atoms with van der Waals surface area (Å²) in [5.41, 5.74) is 2.43. The predicted octanol–water partition coefficient (Wildman–Crippen LogP) is 0.412. The molecule has 0 fully saturated rings. The topological polar surface area (TPSA) is 12.8 Å². The second kappa shape index (κ2) is 6.50. The minimum atomic E-state index is -2.49. The molecule has 0 bridgehead atoms. The van der Waals surface area contributed by atoms with E-state index < -0.39 is 13.6 Å². The van der Waals surface area contributed by atoms with Crippen molar-refractivity contribution in [3.05, 3.63) is 77.8 Å². The van der Waals surface area contributed by atoms with Crippen molar-refractivity contribution >= 4 is 38.2 Å². The predicted molar refractivity (Wildman–Crippen MR) is 96.0 cm³/mol. The van der Waals surface area contributed by atoms with Crippen LogP contribution in [0.2, 0.25) is 10.7 Å². The van der Waals surface area contributed by atoms with Gasteiger partial charge in [0.15, 0.2) is 0 Å². The molecule has 3 aromatic rings. The zero-order chi connectivity index (χ0) is 15.2. The molecule has 4 rings (SSSR count). The first kappa shape index (κ1) is 16.9. The zero-order valence-corrected chi connectivity index (χ0v) is 17.4. The first-order chi connectivity index (χ1) is 10.7. The van der Waals surface area contributed by atoms with Crippen molar-refractivity contribution in [3.63, 3.8) is 0 Å². The quantitative estimate of drug-likeness (QED) is 0.263. The summed E-state index contributed by atoms with van der Waals surface area (Å²) in [4.78, 5) is 0. The van der Waals surface area contributed by atoms with E-state index in [0.717, 1.165) is 16.5 Å². The molecule has 1 radical (unpaired) electrons. The maximum atomic E-state index is 6.28. The maximum Gasteiger partial charge on any atom is -1.00 e. The molecule has 0 atom stereocenters. The molecule has 0 unspecified atom stereocenters. The van der Waals surface area contributed by atoms with Crippen molar-refractivity contribution in [1.82, 2.24) is 0 Å². The molecular formula is C19H16AsClIO. The van der Waals surface area contributed by atoms with Gasteiger partial charge in [-0.2, -0.15) is 0 Å². The van der Waals surface area contributed by atoms with E-state index in [-0.39, 0.29) is 24.0 Å². The number of halogens is 2. The van der Waals surface area contributed by atoms with E-state index in [9.17, 15) is 0 Å². The van der Waals surface area contributed by atoms with Gasteiger partial charge in [0.25, 0.3) is 0 Å². The van der Waals surface area contributed by atoms with Gasteiger partial charge >= 0.3 is 138 Å². The van der Waals surface area contributed by atoms with E-state index in [1.807, 2.05) is 6.07 Å². The van der Waals surface area contributed by atoms with Gasteiger partial charge in [0.05, 0.1) is 0 Å². The van der Waals surface area contributed by atoms with E-state index >= 15 is 0 Å². The van der Waals surface area contributed by atoms with Gasteiger partial charge in [-0.1, -0.05) is 0 Å². The number of rotatable bonds is 1. The molecule has 23 heavy (non-hydrogen) atoms. The Hall–Kier alpha value is -0.962. The van der Waals surface area contributed by atoms with Crippen LogP contribution in [0.4, 0.5) is 0 Å². The minimum Gasteiger partial charge on any atom is -1.00 e. The second-order valence-electron chi connectivity index (χ2n) is 5.58. The Kier molecular flexibility index (Phi) is 4.77. The molecule has 0 saturated heterocycles. The Balaban J connectivity index is 0.00000156. The summed E-state index contributed by atoms with van der Waals surface area (Å²) >= 11 is 3.79. The average Bonchev–Trinajstić information content (AvgIpc) is 2.55. The summed E-state index contributed by atoms with van der Waals surface area (Å²) in [6, 6.07) is 25.4. The Labute approximate surface area is 161 Å². The smallest absolute Gasteiger partial charge is 1.00 e. The van der Waals surface area contributed by atoms with E-state index in [0.29, 0.717) is 0 Å².